The Kier molecular flexibility index (Phi) is 4.02. The number of aryl methyl sites for hydroxylation is 1. The van der Waals surface area contributed by atoms with Gasteiger partial charge in [-0.05, 0) is 29.4 Å². The molecule has 0 spiro atoms. The summed E-state index contributed by atoms with van der Waals surface area (Å²) in [6.07, 6.45) is 3.66. The average Bonchev–Trinajstić information content (AvgIpc) is 2.74. The van der Waals surface area contributed by atoms with Crippen molar-refractivity contribution in [3.05, 3.63) is 28.8 Å². The molecule has 0 saturated heterocycles. The lowest BCUT2D eigenvalue weighted by Crippen LogP contribution is -2.18. The summed E-state index contributed by atoms with van der Waals surface area (Å²) in [4.78, 5) is 0. The first-order valence-electron chi connectivity index (χ1n) is 6.05. The molecule has 0 amide bonds. The van der Waals surface area contributed by atoms with Crippen molar-refractivity contribution in [2.45, 2.75) is 39.4 Å². The van der Waals surface area contributed by atoms with Crippen molar-refractivity contribution in [3.63, 3.8) is 0 Å². The van der Waals surface area contributed by atoms with E-state index in [9.17, 15) is 0 Å². The van der Waals surface area contributed by atoms with Crippen LogP contribution in [-0.4, -0.2) is 14.6 Å². The average molecular weight is 218 g/mol. The maximum atomic E-state index is 5.53. The van der Waals surface area contributed by atoms with Crippen molar-refractivity contribution in [2.24, 2.45) is 0 Å². The van der Waals surface area contributed by atoms with Crippen LogP contribution in [0.3, 0.4) is 0 Å². The molecule has 2 nitrogen and oxygen atoms in total. The molecule has 86 valence electrons. The van der Waals surface area contributed by atoms with Gasteiger partial charge in [0.2, 0.25) is 0 Å². The van der Waals surface area contributed by atoms with Crippen LogP contribution in [0.2, 0.25) is 0 Å². The van der Waals surface area contributed by atoms with Crippen LogP contribution in [0.15, 0.2) is 12.1 Å². The third-order valence-electron chi connectivity index (χ3n) is 3.11. The molecule has 0 aromatic heterocycles. The SMILES string of the molecule is CCCCc1cc(COC)cc2c1BOC2. The zero-order chi connectivity index (χ0) is 11.4. The van der Waals surface area contributed by atoms with E-state index in [4.69, 9.17) is 9.39 Å². The van der Waals surface area contributed by atoms with Crippen molar-refractivity contribution in [1.29, 1.82) is 0 Å². The number of ether oxygens (including phenoxy) is 1. The Morgan fingerprint density at radius 1 is 1.44 bits per heavy atom. The molecule has 0 aliphatic carbocycles. The lowest BCUT2D eigenvalue weighted by atomic mass is 9.80. The molecule has 16 heavy (non-hydrogen) atoms. The van der Waals surface area contributed by atoms with Gasteiger partial charge in [-0.25, -0.2) is 0 Å². The van der Waals surface area contributed by atoms with E-state index < -0.39 is 0 Å². The number of hydrogen-bond acceptors (Lipinski definition) is 2. The Hall–Kier alpha value is -0.795. The summed E-state index contributed by atoms with van der Waals surface area (Å²) in [5.74, 6) is 0. The topological polar surface area (TPSA) is 18.5 Å². The van der Waals surface area contributed by atoms with E-state index in [1.165, 1.54) is 41.4 Å². The largest absolute Gasteiger partial charge is 0.430 e. The highest BCUT2D eigenvalue weighted by Crippen LogP contribution is 2.16. The maximum absolute atomic E-state index is 5.53. The molecule has 0 unspecified atom stereocenters. The summed E-state index contributed by atoms with van der Waals surface area (Å²) < 4.78 is 10.7. The second kappa shape index (κ2) is 5.51. The van der Waals surface area contributed by atoms with Crippen LogP contribution in [0.5, 0.6) is 0 Å². The van der Waals surface area contributed by atoms with E-state index in [-0.39, 0.29) is 0 Å². The minimum atomic E-state index is 0.701. The van der Waals surface area contributed by atoms with Crippen LogP contribution in [0.1, 0.15) is 36.5 Å². The second-order valence-corrected chi connectivity index (χ2v) is 4.42. The first kappa shape index (κ1) is 11.7. The molecule has 0 N–H and O–H groups in total. The van der Waals surface area contributed by atoms with Crippen molar-refractivity contribution >= 4 is 12.9 Å². The fourth-order valence-electron chi connectivity index (χ4n) is 2.29. The van der Waals surface area contributed by atoms with Gasteiger partial charge in [-0.1, -0.05) is 31.0 Å². The van der Waals surface area contributed by atoms with E-state index in [0.717, 1.165) is 14.1 Å². The van der Waals surface area contributed by atoms with Gasteiger partial charge >= 0.3 is 7.48 Å². The molecule has 0 bridgehead atoms. The molecule has 0 saturated carbocycles. The van der Waals surface area contributed by atoms with Crippen LogP contribution < -0.4 is 5.46 Å². The van der Waals surface area contributed by atoms with Crippen LogP contribution in [0, 0.1) is 0 Å². The van der Waals surface area contributed by atoms with Crippen molar-refractivity contribution in [3.8, 4) is 0 Å². The molecule has 1 aromatic rings. The molecule has 0 atom stereocenters. The molecule has 1 aliphatic heterocycles. The first-order valence-corrected chi connectivity index (χ1v) is 6.05. The van der Waals surface area contributed by atoms with E-state index in [1.807, 2.05) is 0 Å². The fraction of sp³-hybridized carbons (Fsp3) is 0.538. The monoisotopic (exact) mass is 218 g/mol. The molecule has 0 radical (unpaired) electrons. The molecule has 1 heterocycles. The number of fused-ring (bicyclic) bond motifs is 1. The van der Waals surface area contributed by atoms with Gasteiger partial charge in [-0.2, -0.15) is 0 Å². The number of methoxy groups -OCH3 is 1. The van der Waals surface area contributed by atoms with Gasteiger partial charge in [0.05, 0.1) is 13.2 Å². The highest BCUT2D eigenvalue weighted by Gasteiger charge is 2.17. The summed E-state index contributed by atoms with van der Waals surface area (Å²) in [7, 11) is 2.54. The Morgan fingerprint density at radius 2 is 2.31 bits per heavy atom. The quantitative estimate of drug-likeness (QED) is 0.700. The highest BCUT2D eigenvalue weighted by atomic mass is 16.5. The number of rotatable bonds is 5. The molecule has 0 fully saturated rings. The summed E-state index contributed by atoms with van der Waals surface area (Å²) in [5, 5.41) is 0. The first-order chi connectivity index (χ1) is 7.85. The van der Waals surface area contributed by atoms with Gasteiger partial charge in [0.25, 0.3) is 0 Å². The summed E-state index contributed by atoms with van der Waals surface area (Å²) in [6.45, 7) is 3.70. The fourth-order valence-corrected chi connectivity index (χ4v) is 2.29. The van der Waals surface area contributed by atoms with E-state index in [1.54, 1.807) is 7.11 Å². The van der Waals surface area contributed by atoms with Gasteiger partial charge in [0, 0.05) is 7.11 Å². The smallest absolute Gasteiger partial charge is 0.309 e. The third-order valence-corrected chi connectivity index (χ3v) is 3.11. The minimum Gasteiger partial charge on any atom is -0.430 e. The Labute approximate surface area is 98.2 Å². The minimum absolute atomic E-state index is 0.701. The third kappa shape index (κ3) is 2.47. The van der Waals surface area contributed by atoms with Crippen LogP contribution in [0.4, 0.5) is 0 Å². The summed E-state index contributed by atoms with van der Waals surface area (Å²) in [5.41, 5.74) is 5.52. The highest BCUT2D eigenvalue weighted by molar-refractivity contribution is 6.49. The standard InChI is InChI=1S/C13H19BO2/c1-3-4-5-11-6-10(8-15-2)7-12-9-16-14-13(11)12/h6-7,14H,3-5,8-9H2,1-2H3. The number of hydrogen-bond donors (Lipinski definition) is 0. The predicted octanol–water partition coefficient (Wildman–Crippen LogP) is 1.68. The van der Waals surface area contributed by atoms with Crippen molar-refractivity contribution < 1.29 is 9.39 Å². The van der Waals surface area contributed by atoms with Gasteiger partial charge in [-0.15, -0.1) is 0 Å². The molecular formula is C13H19BO2. The van der Waals surface area contributed by atoms with Crippen LogP contribution >= 0.6 is 0 Å². The van der Waals surface area contributed by atoms with E-state index in [2.05, 4.69) is 19.1 Å². The molecular weight excluding hydrogens is 199 g/mol. The maximum Gasteiger partial charge on any atom is 0.309 e. The zero-order valence-electron chi connectivity index (χ0n) is 10.2. The van der Waals surface area contributed by atoms with E-state index in [0.29, 0.717) is 6.61 Å². The lowest BCUT2D eigenvalue weighted by Gasteiger charge is -2.10. The molecule has 1 aliphatic rings. The van der Waals surface area contributed by atoms with Gasteiger partial charge in [0.1, 0.15) is 0 Å². The van der Waals surface area contributed by atoms with Gasteiger partial charge < -0.3 is 9.39 Å². The van der Waals surface area contributed by atoms with Crippen molar-refractivity contribution in [2.75, 3.05) is 7.11 Å². The Bertz CT molecular complexity index is 363. The van der Waals surface area contributed by atoms with Crippen molar-refractivity contribution in [1.82, 2.24) is 0 Å². The van der Waals surface area contributed by atoms with Gasteiger partial charge in [-0.3, -0.25) is 0 Å². The molecule has 1 aromatic carbocycles. The van der Waals surface area contributed by atoms with Gasteiger partial charge in [0.15, 0.2) is 0 Å². The number of unbranched alkanes of at least 4 members (excludes halogenated alkanes) is 1. The Balaban J connectivity index is 2.25. The zero-order valence-corrected chi connectivity index (χ0v) is 10.2. The number of benzene rings is 1. The van der Waals surface area contributed by atoms with Crippen LogP contribution in [-0.2, 0) is 29.0 Å². The molecule has 2 rings (SSSR count). The predicted molar refractivity (Wildman–Crippen MR) is 67.3 cm³/mol. The summed E-state index contributed by atoms with van der Waals surface area (Å²) in [6, 6.07) is 4.51. The normalized spacial score (nSPS) is 13.6. The molecule has 3 heteroatoms. The lowest BCUT2D eigenvalue weighted by molar-refractivity contribution is 0.184. The second-order valence-electron chi connectivity index (χ2n) is 4.42. The Morgan fingerprint density at radius 3 is 3.06 bits per heavy atom. The van der Waals surface area contributed by atoms with E-state index >= 15 is 0 Å². The summed E-state index contributed by atoms with van der Waals surface area (Å²) >= 11 is 0. The van der Waals surface area contributed by atoms with Crippen LogP contribution in [0.25, 0.3) is 0 Å².